The van der Waals surface area contributed by atoms with Gasteiger partial charge in [-0.1, -0.05) is 12.1 Å². The van der Waals surface area contributed by atoms with Crippen LogP contribution in [-0.2, 0) is 12.6 Å². The minimum atomic E-state index is -4.46. The molecule has 2 rings (SSSR count). The summed E-state index contributed by atoms with van der Waals surface area (Å²) in [6.45, 7) is 0. The number of alkyl halides is 3. The summed E-state index contributed by atoms with van der Waals surface area (Å²) in [7, 11) is 0. The zero-order valence-corrected chi connectivity index (χ0v) is 10.1. The van der Waals surface area contributed by atoms with Crippen molar-refractivity contribution >= 4 is 0 Å². The third-order valence-electron chi connectivity index (χ3n) is 2.73. The molecule has 0 N–H and O–H groups in total. The molecule has 0 amide bonds. The van der Waals surface area contributed by atoms with Crippen LogP contribution in [-0.4, -0.2) is 4.98 Å². The molecule has 0 bridgehead atoms. The van der Waals surface area contributed by atoms with Crippen LogP contribution in [0.5, 0.6) is 0 Å². The maximum atomic E-state index is 13.1. The number of nitrogens with zero attached hydrogens (tertiary/aromatic N) is 2. The van der Waals surface area contributed by atoms with Crippen molar-refractivity contribution in [1.29, 1.82) is 5.26 Å². The Labute approximate surface area is 112 Å². The van der Waals surface area contributed by atoms with Gasteiger partial charge in [0.2, 0.25) is 5.95 Å². The van der Waals surface area contributed by atoms with E-state index < -0.39 is 17.7 Å². The third-order valence-corrected chi connectivity index (χ3v) is 2.73. The Bertz CT molecular complexity index is 672. The number of halogens is 4. The van der Waals surface area contributed by atoms with E-state index in [2.05, 4.69) is 4.98 Å². The van der Waals surface area contributed by atoms with E-state index >= 15 is 0 Å². The van der Waals surface area contributed by atoms with Crippen LogP contribution in [0, 0.1) is 17.3 Å². The van der Waals surface area contributed by atoms with Gasteiger partial charge in [-0.25, -0.2) is 4.98 Å². The molecule has 2 aromatic rings. The summed E-state index contributed by atoms with van der Waals surface area (Å²) >= 11 is 0. The Morgan fingerprint density at radius 2 is 1.95 bits per heavy atom. The fraction of sp³-hybridized carbons (Fsp3) is 0.143. The molecule has 1 heterocycles. The molecule has 0 saturated carbocycles. The Kier molecular flexibility index (Phi) is 3.70. The fourth-order valence-corrected chi connectivity index (χ4v) is 1.82. The topological polar surface area (TPSA) is 36.7 Å². The van der Waals surface area contributed by atoms with E-state index in [1.54, 1.807) is 0 Å². The van der Waals surface area contributed by atoms with Crippen LogP contribution < -0.4 is 0 Å². The number of nitriles is 1. The molecule has 0 atom stereocenters. The van der Waals surface area contributed by atoms with E-state index in [0.29, 0.717) is 11.1 Å². The van der Waals surface area contributed by atoms with Crippen molar-refractivity contribution in [3.8, 4) is 17.2 Å². The first-order chi connectivity index (χ1) is 9.41. The molecule has 0 aliphatic heterocycles. The van der Waals surface area contributed by atoms with Gasteiger partial charge >= 0.3 is 6.18 Å². The van der Waals surface area contributed by atoms with Gasteiger partial charge < -0.3 is 0 Å². The molecule has 0 fully saturated rings. The van der Waals surface area contributed by atoms with Gasteiger partial charge in [-0.2, -0.15) is 22.8 Å². The number of hydrogen-bond donors (Lipinski definition) is 0. The standard InChI is InChI=1S/C14H8F4N2/c15-13-7-10(4-5-19)12(8-20-13)9-2-1-3-11(6-9)14(16,17)18/h1-3,6-8H,4H2. The summed E-state index contributed by atoms with van der Waals surface area (Å²) in [5, 5.41) is 8.69. The highest BCUT2D eigenvalue weighted by Gasteiger charge is 2.30. The summed E-state index contributed by atoms with van der Waals surface area (Å²) in [5.41, 5.74) is 0.0678. The highest BCUT2D eigenvalue weighted by atomic mass is 19.4. The van der Waals surface area contributed by atoms with E-state index in [1.807, 2.05) is 6.07 Å². The molecule has 2 nitrogen and oxygen atoms in total. The Hall–Kier alpha value is -2.42. The van der Waals surface area contributed by atoms with Gasteiger partial charge in [0.15, 0.2) is 0 Å². The zero-order valence-electron chi connectivity index (χ0n) is 10.1. The van der Waals surface area contributed by atoms with Crippen LogP contribution >= 0.6 is 0 Å². The minimum absolute atomic E-state index is 0.106. The molecule has 0 unspecified atom stereocenters. The SMILES string of the molecule is N#CCc1cc(F)ncc1-c1cccc(C(F)(F)F)c1. The van der Waals surface area contributed by atoms with Gasteiger partial charge in [-0.05, 0) is 29.3 Å². The normalized spacial score (nSPS) is 11.2. The summed E-state index contributed by atoms with van der Waals surface area (Å²) < 4.78 is 51.1. The largest absolute Gasteiger partial charge is 0.416 e. The predicted molar refractivity (Wildman–Crippen MR) is 64.0 cm³/mol. The van der Waals surface area contributed by atoms with Crippen molar-refractivity contribution in [3.05, 3.63) is 53.6 Å². The second kappa shape index (κ2) is 5.29. The Morgan fingerprint density at radius 1 is 1.20 bits per heavy atom. The van der Waals surface area contributed by atoms with E-state index in [4.69, 9.17) is 5.26 Å². The van der Waals surface area contributed by atoms with E-state index in [1.165, 1.54) is 12.1 Å². The van der Waals surface area contributed by atoms with Crippen molar-refractivity contribution in [1.82, 2.24) is 4.98 Å². The molecule has 1 aromatic carbocycles. The summed E-state index contributed by atoms with van der Waals surface area (Å²) in [6.07, 6.45) is -3.43. The lowest BCUT2D eigenvalue weighted by Gasteiger charge is -2.10. The average molecular weight is 280 g/mol. The second-order valence-electron chi connectivity index (χ2n) is 4.08. The summed E-state index contributed by atoms with van der Waals surface area (Å²) in [5.74, 6) is -0.772. The highest BCUT2D eigenvalue weighted by molar-refractivity contribution is 5.67. The van der Waals surface area contributed by atoms with E-state index in [0.717, 1.165) is 24.4 Å². The average Bonchev–Trinajstić information content (AvgIpc) is 2.38. The zero-order chi connectivity index (χ0) is 14.8. The monoisotopic (exact) mass is 280 g/mol. The molecule has 0 radical (unpaired) electrons. The van der Waals surface area contributed by atoms with Crippen LogP contribution in [0.15, 0.2) is 36.5 Å². The molecule has 0 saturated heterocycles. The molecular formula is C14H8F4N2. The molecule has 1 aromatic heterocycles. The van der Waals surface area contributed by atoms with Crippen LogP contribution in [0.4, 0.5) is 17.6 Å². The Balaban J connectivity index is 2.55. The van der Waals surface area contributed by atoms with Gasteiger partial charge in [0.1, 0.15) is 0 Å². The van der Waals surface area contributed by atoms with Crippen molar-refractivity contribution < 1.29 is 17.6 Å². The molecule has 0 spiro atoms. The van der Waals surface area contributed by atoms with E-state index in [-0.39, 0.29) is 12.0 Å². The first kappa shape index (κ1) is 14.0. The van der Waals surface area contributed by atoms with Gasteiger partial charge in [-0.3, -0.25) is 0 Å². The van der Waals surface area contributed by atoms with Crippen LogP contribution in [0.2, 0.25) is 0 Å². The minimum Gasteiger partial charge on any atom is -0.228 e. The maximum Gasteiger partial charge on any atom is 0.416 e. The first-order valence-electron chi connectivity index (χ1n) is 5.61. The van der Waals surface area contributed by atoms with Gasteiger partial charge in [-0.15, -0.1) is 0 Å². The van der Waals surface area contributed by atoms with Crippen molar-refractivity contribution in [3.63, 3.8) is 0 Å². The number of aromatic nitrogens is 1. The maximum absolute atomic E-state index is 13.1. The first-order valence-corrected chi connectivity index (χ1v) is 5.61. The van der Waals surface area contributed by atoms with Crippen molar-refractivity contribution in [2.75, 3.05) is 0 Å². The molecule has 20 heavy (non-hydrogen) atoms. The van der Waals surface area contributed by atoms with Crippen molar-refractivity contribution in [2.45, 2.75) is 12.6 Å². The fourth-order valence-electron chi connectivity index (χ4n) is 1.82. The van der Waals surface area contributed by atoms with Gasteiger partial charge in [0.05, 0.1) is 18.1 Å². The highest BCUT2D eigenvalue weighted by Crippen LogP contribution is 2.33. The third kappa shape index (κ3) is 2.94. The lowest BCUT2D eigenvalue weighted by atomic mass is 9.98. The van der Waals surface area contributed by atoms with Crippen molar-refractivity contribution in [2.24, 2.45) is 0 Å². The summed E-state index contributed by atoms with van der Waals surface area (Å²) in [4.78, 5) is 3.43. The summed E-state index contributed by atoms with van der Waals surface area (Å²) in [6, 6.07) is 7.53. The van der Waals surface area contributed by atoms with Crippen LogP contribution in [0.3, 0.4) is 0 Å². The number of rotatable bonds is 2. The number of pyridine rings is 1. The number of benzene rings is 1. The lowest BCUT2D eigenvalue weighted by Crippen LogP contribution is -2.04. The van der Waals surface area contributed by atoms with Crippen LogP contribution in [0.25, 0.3) is 11.1 Å². The molecule has 6 heteroatoms. The predicted octanol–water partition coefficient (Wildman–Crippen LogP) is 3.97. The number of hydrogen-bond acceptors (Lipinski definition) is 2. The molecule has 102 valence electrons. The molecular weight excluding hydrogens is 272 g/mol. The quantitative estimate of drug-likeness (QED) is 0.616. The van der Waals surface area contributed by atoms with Gasteiger partial charge in [0.25, 0.3) is 0 Å². The lowest BCUT2D eigenvalue weighted by molar-refractivity contribution is -0.137. The molecule has 0 aliphatic carbocycles. The second-order valence-corrected chi connectivity index (χ2v) is 4.08. The Morgan fingerprint density at radius 3 is 2.60 bits per heavy atom. The van der Waals surface area contributed by atoms with Crippen LogP contribution in [0.1, 0.15) is 11.1 Å². The van der Waals surface area contributed by atoms with E-state index in [9.17, 15) is 17.6 Å². The molecule has 0 aliphatic rings. The smallest absolute Gasteiger partial charge is 0.228 e. The van der Waals surface area contributed by atoms with Gasteiger partial charge in [0, 0.05) is 11.8 Å².